The molecule has 1 saturated heterocycles. The highest BCUT2D eigenvalue weighted by atomic mass is 15.0. The van der Waals surface area contributed by atoms with E-state index in [1.807, 2.05) is 0 Å². The number of nitrogen functional groups attached to an aromatic ring is 1. The summed E-state index contributed by atoms with van der Waals surface area (Å²) in [5.41, 5.74) is 8.63. The van der Waals surface area contributed by atoms with Crippen molar-refractivity contribution in [3.8, 4) is 17.5 Å². The molecule has 0 bridgehead atoms. The largest absolute Gasteiger partial charge is 0.396 e. The highest BCUT2D eigenvalue weighted by Crippen LogP contribution is 2.30. The van der Waals surface area contributed by atoms with E-state index in [1.165, 1.54) is 6.33 Å². The van der Waals surface area contributed by atoms with Gasteiger partial charge in [0.1, 0.15) is 23.7 Å². The van der Waals surface area contributed by atoms with Crippen LogP contribution < -0.4 is 16.4 Å². The van der Waals surface area contributed by atoms with Crippen molar-refractivity contribution < 1.29 is 0 Å². The maximum Gasteiger partial charge on any atom is 0.116 e. The van der Waals surface area contributed by atoms with Crippen molar-refractivity contribution >= 4 is 11.4 Å². The molecule has 0 spiro atoms. The lowest BCUT2D eigenvalue weighted by molar-refractivity contribution is 0.793. The predicted molar refractivity (Wildman–Crippen MR) is 79.3 cm³/mol. The van der Waals surface area contributed by atoms with Crippen LogP contribution in [0.1, 0.15) is 12.0 Å². The lowest BCUT2D eigenvalue weighted by Crippen LogP contribution is -2.23. The molecule has 106 valence electrons. The maximum absolute atomic E-state index is 9.51. The first-order chi connectivity index (χ1) is 10.3. The Balaban J connectivity index is 2.04. The molecule has 3 rings (SSSR count). The Kier molecular flexibility index (Phi) is 3.62. The Morgan fingerprint density at radius 1 is 1.43 bits per heavy atom. The van der Waals surface area contributed by atoms with Gasteiger partial charge in [-0.15, -0.1) is 0 Å². The molecular weight excluding hydrogens is 266 g/mol. The molecule has 0 aliphatic carbocycles. The fourth-order valence-corrected chi connectivity index (χ4v) is 2.40. The predicted octanol–water partition coefficient (Wildman–Crippen LogP) is 0.766. The number of anilines is 2. The third-order valence-electron chi connectivity index (χ3n) is 3.45. The second kappa shape index (κ2) is 5.73. The zero-order valence-corrected chi connectivity index (χ0v) is 11.4. The zero-order valence-electron chi connectivity index (χ0n) is 11.4. The summed E-state index contributed by atoms with van der Waals surface area (Å²) in [6.07, 6.45) is 5.61. The van der Waals surface area contributed by atoms with Crippen LogP contribution in [0.2, 0.25) is 0 Å². The Morgan fingerprint density at radius 3 is 3.00 bits per heavy atom. The lowest BCUT2D eigenvalue weighted by atomic mass is 10.1. The molecule has 7 nitrogen and oxygen atoms in total. The van der Waals surface area contributed by atoms with Crippen molar-refractivity contribution in [3.63, 3.8) is 0 Å². The maximum atomic E-state index is 9.51. The smallest absolute Gasteiger partial charge is 0.116 e. The van der Waals surface area contributed by atoms with Crippen LogP contribution in [0.5, 0.6) is 0 Å². The second-order valence-electron chi connectivity index (χ2n) is 4.85. The molecule has 2 aromatic heterocycles. The molecule has 0 saturated carbocycles. The third-order valence-corrected chi connectivity index (χ3v) is 3.45. The van der Waals surface area contributed by atoms with Crippen LogP contribution in [-0.2, 0) is 0 Å². The van der Waals surface area contributed by atoms with E-state index >= 15 is 0 Å². The monoisotopic (exact) mass is 281 g/mol. The van der Waals surface area contributed by atoms with Crippen molar-refractivity contribution in [2.24, 2.45) is 0 Å². The van der Waals surface area contributed by atoms with E-state index < -0.39 is 0 Å². The van der Waals surface area contributed by atoms with E-state index in [1.54, 1.807) is 18.5 Å². The molecule has 0 radical (unpaired) electrons. The first kappa shape index (κ1) is 13.3. The number of pyridine rings is 1. The van der Waals surface area contributed by atoms with Crippen LogP contribution in [0.15, 0.2) is 24.8 Å². The quantitative estimate of drug-likeness (QED) is 0.761. The van der Waals surface area contributed by atoms with Gasteiger partial charge in [-0.1, -0.05) is 0 Å². The summed E-state index contributed by atoms with van der Waals surface area (Å²) in [4.78, 5) is 12.3. The zero-order chi connectivity index (χ0) is 14.7. The molecule has 1 fully saturated rings. The van der Waals surface area contributed by atoms with Crippen molar-refractivity contribution in [2.45, 2.75) is 12.5 Å². The topological polar surface area (TPSA) is 113 Å². The first-order valence-electron chi connectivity index (χ1n) is 6.72. The average molecular weight is 281 g/mol. The Hall–Kier alpha value is -2.72. The summed E-state index contributed by atoms with van der Waals surface area (Å²) >= 11 is 0. The van der Waals surface area contributed by atoms with E-state index in [9.17, 15) is 5.26 Å². The Morgan fingerprint density at radius 2 is 2.33 bits per heavy atom. The van der Waals surface area contributed by atoms with Gasteiger partial charge in [0.15, 0.2) is 0 Å². The van der Waals surface area contributed by atoms with Gasteiger partial charge in [-0.2, -0.15) is 5.26 Å². The number of hydrogen-bond donors (Lipinski definition) is 3. The summed E-state index contributed by atoms with van der Waals surface area (Å²) in [6.45, 7) is 1.82. The third kappa shape index (κ3) is 2.61. The normalized spacial score (nSPS) is 17.4. The minimum atomic E-state index is 0.264. The second-order valence-corrected chi connectivity index (χ2v) is 4.85. The van der Waals surface area contributed by atoms with Gasteiger partial charge in [-0.25, -0.2) is 9.97 Å². The minimum Gasteiger partial charge on any atom is -0.396 e. The number of nitrogens with zero attached hydrogens (tertiary/aromatic N) is 4. The molecule has 0 amide bonds. The molecule has 3 heterocycles. The fourth-order valence-electron chi connectivity index (χ4n) is 2.40. The summed E-state index contributed by atoms with van der Waals surface area (Å²) in [6, 6.07) is 4.18. The number of aromatic nitrogens is 3. The van der Waals surface area contributed by atoms with Gasteiger partial charge in [0.25, 0.3) is 0 Å². The number of nitrogens with two attached hydrogens (primary N) is 1. The van der Waals surface area contributed by atoms with Gasteiger partial charge in [0, 0.05) is 18.8 Å². The van der Waals surface area contributed by atoms with Crippen LogP contribution in [0, 0.1) is 11.3 Å². The van der Waals surface area contributed by atoms with Crippen molar-refractivity contribution in [1.29, 1.82) is 5.26 Å². The molecule has 0 aromatic carbocycles. The van der Waals surface area contributed by atoms with E-state index in [4.69, 9.17) is 5.73 Å². The molecule has 1 aliphatic rings. The summed E-state index contributed by atoms with van der Waals surface area (Å²) < 4.78 is 0. The van der Waals surface area contributed by atoms with Gasteiger partial charge in [-0.3, -0.25) is 4.98 Å². The number of rotatable bonds is 3. The van der Waals surface area contributed by atoms with Gasteiger partial charge >= 0.3 is 0 Å². The Bertz CT molecular complexity index is 672. The SMILES string of the molecule is N#Cc1c(-c2ccncn2)ncc(N)c1NC1CCNC1. The van der Waals surface area contributed by atoms with Gasteiger partial charge in [-0.05, 0) is 19.0 Å². The van der Waals surface area contributed by atoms with Gasteiger partial charge in [0.2, 0.25) is 0 Å². The van der Waals surface area contributed by atoms with Crippen LogP contribution >= 0.6 is 0 Å². The Labute approximate surface area is 122 Å². The van der Waals surface area contributed by atoms with E-state index in [0.717, 1.165) is 19.5 Å². The average Bonchev–Trinajstić information content (AvgIpc) is 3.03. The molecule has 2 aromatic rings. The molecule has 7 heteroatoms. The lowest BCUT2D eigenvalue weighted by Gasteiger charge is -2.17. The van der Waals surface area contributed by atoms with Crippen LogP contribution in [-0.4, -0.2) is 34.1 Å². The van der Waals surface area contributed by atoms with E-state index in [0.29, 0.717) is 28.3 Å². The van der Waals surface area contributed by atoms with Gasteiger partial charge < -0.3 is 16.4 Å². The van der Waals surface area contributed by atoms with Crippen LogP contribution in [0.25, 0.3) is 11.4 Å². The molecule has 1 aliphatic heterocycles. The standard InChI is InChI=1S/C14H15N7/c15-5-10-13(21-9-1-3-17-6-9)11(16)7-19-14(10)12-2-4-18-8-20-12/h2,4,7-9,17H,1,3,6,16H2,(H,19,21). The molecule has 1 atom stereocenters. The van der Waals surface area contributed by atoms with Crippen LogP contribution in [0.4, 0.5) is 11.4 Å². The van der Waals surface area contributed by atoms with E-state index in [-0.39, 0.29) is 6.04 Å². The van der Waals surface area contributed by atoms with Crippen molar-refractivity contribution in [3.05, 3.63) is 30.4 Å². The van der Waals surface area contributed by atoms with Crippen molar-refractivity contribution in [1.82, 2.24) is 20.3 Å². The number of nitrogens with one attached hydrogen (secondary N) is 2. The summed E-state index contributed by atoms with van der Waals surface area (Å²) in [7, 11) is 0. The molecule has 21 heavy (non-hydrogen) atoms. The van der Waals surface area contributed by atoms with Gasteiger partial charge in [0.05, 0.1) is 23.3 Å². The molecule has 1 unspecified atom stereocenters. The van der Waals surface area contributed by atoms with Crippen molar-refractivity contribution in [2.75, 3.05) is 24.1 Å². The van der Waals surface area contributed by atoms with Crippen LogP contribution in [0.3, 0.4) is 0 Å². The van der Waals surface area contributed by atoms with E-state index in [2.05, 4.69) is 31.7 Å². The summed E-state index contributed by atoms with van der Waals surface area (Å²) in [5.74, 6) is 0. The highest BCUT2D eigenvalue weighted by molar-refractivity contribution is 5.81. The first-order valence-corrected chi connectivity index (χ1v) is 6.72. The minimum absolute atomic E-state index is 0.264. The number of nitriles is 1. The fraction of sp³-hybridized carbons (Fsp3) is 0.286. The number of hydrogen-bond acceptors (Lipinski definition) is 7. The summed E-state index contributed by atoms with van der Waals surface area (Å²) in [5, 5.41) is 16.1. The molecule has 4 N–H and O–H groups in total. The molecular formula is C14H15N7. The highest BCUT2D eigenvalue weighted by Gasteiger charge is 2.20.